The molecule has 0 atom stereocenters. The number of nitrogens with one attached hydrogen (secondary N) is 1. The van der Waals surface area contributed by atoms with Crippen molar-refractivity contribution in [2.45, 2.75) is 25.8 Å². The molecule has 0 saturated carbocycles. The van der Waals surface area contributed by atoms with Gasteiger partial charge in [0.25, 0.3) is 0 Å². The van der Waals surface area contributed by atoms with Crippen molar-refractivity contribution in [2.75, 3.05) is 45.2 Å². The number of nitrogens with zero attached hydrogens (tertiary/aromatic N) is 4. The lowest BCUT2D eigenvalue weighted by atomic mass is 10.1. The zero-order valence-electron chi connectivity index (χ0n) is 20.2. The second kappa shape index (κ2) is 12.2. The van der Waals surface area contributed by atoms with Crippen molar-refractivity contribution in [3.8, 4) is 5.75 Å². The van der Waals surface area contributed by atoms with E-state index in [1.807, 2.05) is 65.6 Å². The van der Waals surface area contributed by atoms with Gasteiger partial charge in [0.2, 0.25) is 11.8 Å². The van der Waals surface area contributed by atoms with Crippen LogP contribution in [0.15, 0.2) is 66.9 Å². The maximum Gasteiger partial charge on any atom is 0.239 e. The Balaban J connectivity index is 1.22. The monoisotopic (exact) mass is 475 g/mol. The molecule has 1 aromatic heterocycles. The molecule has 8 nitrogen and oxygen atoms in total. The number of carbonyl (C=O) groups is 2. The Bertz CT molecular complexity index is 1100. The average Bonchev–Trinajstić information content (AvgIpc) is 3.16. The van der Waals surface area contributed by atoms with Gasteiger partial charge in [0.1, 0.15) is 11.6 Å². The third kappa shape index (κ3) is 7.16. The lowest BCUT2D eigenvalue weighted by molar-refractivity contribution is -0.131. The summed E-state index contributed by atoms with van der Waals surface area (Å²) in [5.74, 6) is 1.59. The summed E-state index contributed by atoms with van der Waals surface area (Å²) in [5, 5.41) is 7.33. The SMILES string of the molecule is COc1ccc(CCC(=O)N2CCCN(CC(=O)Nc3ccnn3Cc3ccccc3)CC2)cc1. The minimum absolute atomic E-state index is 0.0703. The molecule has 4 rings (SSSR count). The summed E-state index contributed by atoms with van der Waals surface area (Å²) in [5.41, 5.74) is 2.25. The van der Waals surface area contributed by atoms with Crippen LogP contribution in [-0.4, -0.2) is 71.2 Å². The molecule has 0 unspecified atom stereocenters. The molecule has 2 aromatic carbocycles. The van der Waals surface area contributed by atoms with Gasteiger partial charge >= 0.3 is 0 Å². The molecule has 1 aliphatic heterocycles. The lowest BCUT2D eigenvalue weighted by Gasteiger charge is -2.22. The van der Waals surface area contributed by atoms with Gasteiger partial charge < -0.3 is 15.0 Å². The smallest absolute Gasteiger partial charge is 0.239 e. The van der Waals surface area contributed by atoms with Gasteiger partial charge in [0.15, 0.2) is 0 Å². The van der Waals surface area contributed by atoms with E-state index in [9.17, 15) is 9.59 Å². The number of hydrogen-bond acceptors (Lipinski definition) is 5. The van der Waals surface area contributed by atoms with E-state index in [1.54, 1.807) is 18.0 Å². The first-order valence-electron chi connectivity index (χ1n) is 12.1. The molecule has 3 aromatic rings. The van der Waals surface area contributed by atoms with Crippen LogP contribution in [0.5, 0.6) is 5.75 Å². The average molecular weight is 476 g/mol. The Morgan fingerprint density at radius 2 is 1.74 bits per heavy atom. The standard InChI is InChI=1S/C27H33N5O3/c1-35-24-11-8-22(9-12-24)10-13-27(34)31-17-5-16-30(18-19-31)21-26(33)29-25-14-15-28-32(25)20-23-6-3-2-4-7-23/h2-4,6-9,11-12,14-15H,5,10,13,16-21H2,1H3,(H,29,33). The van der Waals surface area contributed by atoms with E-state index in [0.717, 1.165) is 36.4 Å². The van der Waals surface area contributed by atoms with Gasteiger partial charge in [-0.3, -0.25) is 14.5 Å². The Morgan fingerprint density at radius 1 is 0.943 bits per heavy atom. The van der Waals surface area contributed by atoms with Crippen LogP contribution in [0.3, 0.4) is 0 Å². The molecule has 1 N–H and O–H groups in total. The Labute approximate surface area is 206 Å². The van der Waals surface area contributed by atoms with Crippen molar-refractivity contribution in [2.24, 2.45) is 0 Å². The maximum absolute atomic E-state index is 12.8. The second-order valence-corrected chi connectivity index (χ2v) is 8.77. The predicted molar refractivity (Wildman–Crippen MR) is 135 cm³/mol. The third-order valence-electron chi connectivity index (χ3n) is 6.25. The minimum Gasteiger partial charge on any atom is -0.497 e. The van der Waals surface area contributed by atoms with Gasteiger partial charge in [-0.2, -0.15) is 5.10 Å². The molecule has 8 heteroatoms. The highest BCUT2D eigenvalue weighted by Gasteiger charge is 2.21. The molecule has 184 valence electrons. The van der Waals surface area contributed by atoms with Crippen molar-refractivity contribution in [3.05, 3.63) is 78.0 Å². The molecule has 1 saturated heterocycles. The number of aryl methyl sites for hydroxylation is 1. The van der Waals surface area contributed by atoms with E-state index < -0.39 is 0 Å². The van der Waals surface area contributed by atoms with Crippen LogP contribution in [0.25, 0.3) is 0 Å². The highest BCUT2D eigenvalue weighted by Crippen LogP contribution is 2.14. The number of methoxy groups -OCH3 is 1. The van der Waals surface area contributed by atoms with Gasteiger partial charge in [-0.25, -0.2) is 4.68 Å². The Hall–Kier alpha value is -3.65. The molecular weight excluding hydrogens is 442 g/mol. The largest absolute Gasteiger partial charge is 0.497 e. The Kier molecular flexibility index (Phi) is 8.51. The highest BCUT2D eigenvalue weighted by atomic mass is 16.5. The van der Waals surface area contributed by atoms with Gasteiger partial charge in [0, 0.05) is 38.7 Å². The van der Waals surface area contributed by atoms with E-state index in [4.69, 9.17) is 4.74 Å². The molecule has 0 aliphatic carbocycles. The summed E-state index contributed by atoms with van der Waals surface area (Å²) in [6.07, 6.45) is 3.74. The molecule has 1 fully saturated rings. The van der Waals surface area contributed by atoms with Crippen molar-refractivity contribution in [1.82, 2.24) is 19.6 Å². The fourth-order valence-corrected chi connectivity index (χ4v) is 4.29. The van der Waals surface area contributed by atoms with Crippen molar-refractivity contribution < 1.29 is 14.3 Å². The van der Waals surface area contributed by atoms with E-state index in [0.29, 0.717) is 44.8 Å². The number of hydrogen-bond donors (Lipinski definition) is 1. The lowest BCUT2D eigenvalue weighted by Crippen LogP contribution is -2.38. The second-order valence-electron chi connectivity index (χ2n) is 8.77. The van der Waals surface area contributed by atoms with Crippen molar-refractivity contribution >= 4 is 17.6 Å². The van der Waals surface area contributed by atoms with Crippen molar-refractivity contribution in [3.63, 3.8) is 0 Å². The summed E-state index contributed by atoms with van der Waals surface area (Å²) in [6.45, 7) is 3.74. The zero-order valence-corrected chi connectivity index (χ0v) is 20.2. The third-order valence-corrected chi connectivity index (χ3v) is 6.25. The summed E-state index contributed by atoms with van der Waals surface area (Å²) in [4.78, 5) is 29.5. The fourth-order valence-electron chi connectivity index (χ4n) is 4.29. The van der Waals surface area contributed by atoms with Crippen molar-refractivity contribution in [1.29, 1.82) is 0 Å². The summed E-state index contributed by atoms with van der Waals surface area (Å²) in [6, 6.07) is 19.7. The summed E-state index contributed by atoms with van der Waals surface area (Å²) < 4.78 is 6.98. The summed E-state index contributed by atoms with van der Waals surface area (Å²) >= 11 is 0. The zero-order chi connectivity index (χ0) is 24.5. The molecule has 2 heterocycles. The first-order valence-corrected chi connectivity index (χ1v) is 12.1. The number of carbonyl (C=O) groups excluding carboxylic acids is 2. The predicted octanol–water partition coefficient (Wildman–Crippen LogP) is 3.05. The normalized spacial score (nSPS) is 14.4. The van der Waals surface area contributed by atoms with Gasteiger partial charge in [-0.1, -0.05) is 42.5 Å². The van der Waals surface area contributed by atoms with E-state index in [2.05, 4.69) is 15.3 Å². The number of benzene rings is 2. The molecular formula is C27H33N5O3. The van der Waals surface area contributed by atoms with Crippen LogP contribution < -0.4 is 10.1 Å². The number of aromatic nitrogens is 2. The van der Waals surface area contributed by atoms with Crippen LogP contribution in [0.1, 0.15) is 24.0 Å². The molecule has 35 heavy (non-hydrogen) atoms. The number of rotatable bonds is 9. The van der Waals surface area contributed by atoms with Crippen LogP contribution in [0.4, 0.5) is 5.82 Å². The molecule has 0 radical (unpaired) electrons. The first-order chi connectivity index (χ1) is 17.1. The molecule has 1 aliphatic rings. The molecule has 0 bridgehead atoms. The quantitative estimate of drug-likeness (QED) is 0.515. The fraction of sp³-hybridized carbons (Fsp3) is 0.370. The minimum atomic E-state index is -0.0703. The number of ether oxygens (including phenoxy) is 1. The maximum atomic E-state index is 12.8. The molecule has 0 spiro atoms. The van der Waals surface area contributed by atoms with Gasteiger partial charge in [0.05, 0.1) is 26.4 Å². The number of amides is 2. The Morgan fingerprint density at radius 3 is 2.51 bits per heavy atom. The summed E-state index contributed by atoms with van der Waals surface area (Å²) in [7, 11) is 1.64. The highest BCUT2D eigenvalue weighted by molar-refractivity contribution is 5.91. The van der Waals surface area contributed by atoms with E-state index in [1.165, 1.54) is 0 Å². The van der Waals surface area contributed by atoms with Gasteiger partial charge in [-0.15, -0.1) is 0 Å². The van der Waals surface area contributed by atoms with E-state index >= 15 is 0 Å². The van der Waals surface area contributed by atoms with Crippen LogP contribution >= 0.6 is 0 Å². The van der Waals surface area contributed by atoms with E-state index in [-0.39, 0.29) is 11.8 Å². The van der Waals surface area contributed by atoms with Crippen LogP contribution in [0, 0.1) is 0 Å². The van der Waals surface area contributed by atoms with Crippen LogP contribution in [-0.2, 0) is 22.6 Å². The molecule has 2 amide bonds. The van der Waals surface area contributed by atoms with Gasteiger partial charge in [-0.05, 0) is 36.1 Å². The topological polar surface area (TPSA) is 79.7 Å². The van der Waals surface area contributed by atoms with Crippen LogP contribution in [0.2, 0.25) is 0 Å². The number of anilines is 1. The first kappa shape index (κ1) is 24.5.